The van der Waals surface area contributed by atoms with Gasteiger partial charge in [0.1, 0.15) is 17.1 Å². The van der Waals surface area contributed by atoms with E-state index in [1.165, 1.54) is 21.3 Å². The molecule has 1 N–H and O–H groups in total. The number of fused-ring (bicyclic) bond motifs is 1. The van der Waals surface area contributed by atoms with Crippen LogP contribution in [0.1, 0.15) is 5.82 Å². The number of benzene rings is 2. The van der Waals surface area contributed by atoms with Gasteiger partial charge in [-0.25, -0.2) is 4.98 Å². The number of aromatic nitrogens is 2. The quantitative estimate of drug-likeness (QED) is 0.555. The molecule has 3 aromatic rings. The van der Waals surface area contributed by atoms with Crippen molar-refractivity contribution in [2.45, 2.75) is 6.42 Å². The number of hydrogen-bond donors (Lipinski definition) is 1. The number of hydrogen-bond acceptors (Lipinski definition) is 8. The van der Waals surface area contributed by atoms with E-state index < -0.39 is 0 Å². The maximum Gasteiger partial charge on any atom is 0.259 e. The van der Waals surface area contributed by atoms with E-state index in [2.05, 4.69) is 20.9 Å². The highest BCUT2D eigenvalue weighted by molar-refractivity contribution is 5.89. The molecule has 4 rings (SSSR count). The average Bonchev–Trinajstić information content (AvgIpc) is 2.86. The van der Waals surface area contributed by atoms with E-state index in [1.807, 2.05) is 18.2 Å². The van der Waals surface area contributed by atoms with Gasteiger partial charge in [0.15, 0.2) is 11.5 Å². The van der Waals surface area contributed by atoms with E-state index in [0.717, 1.165) is 44.2 Å². The highest BCUT2D eigenvalue weighted by Gasteiger charge is 2.21. The van der Waals surface area contributed by atoms with Crippen molar-refractivity contribution in [1.82, 2.24) is 14.9 Å². The molecule has 0 spiro atoms. The zero-order valence-corrected chi connectivity index (χ0v) is 19.5. The summed E-state index contributed by atoms with van der Waals surface area (Å²) in [5, 5.41) is 0.402. The van der Waals surface area contributed by atoms with Crippen molar-refractivity contribution in [1.29, 1.82) is 0 Å². The predicted octanol–water partition coefficient (Wildman–Crippen LogP) is 2.32. The molecule has 1 saturated heterocycles. The van der Waals surface area contributed by atoms with Crippen LogP contribution in [0.2, 0.25) is 0 Å². The number of rotatable bonds is 8. The maximum atomic E-state index is 12.8. The van der Waals surface area contributed by atoms with Gasteiger partial charge in [0.05, 0.1) is 39.5 Å². The Balaban J connectivity index is 1.47. The third-order valence-corrected chi connectivity index (χ3v) is 6.02. The summed E-state index contributed by atoms with van der Waals surface area (Å²) in [7, 11) is 6.28. The van der Waals surface area contributed by atoms with Crippen molar-refractivity contribution in [3.05, 3.63) is 46.5 Å². The van der Waals surface area contributed by atoms with E-state index in [0.29, 0.717) is 40.4 Å². The highest BCUT2D eigenvalue weighted by Crippen LogP contribution is 2.41. The molecule has 0 aliphatic carbocycles. The molecule has 0 radical (unpaired) electrons. The van der Waals surface area contributed by atoms with Gasteiger partial charge in [-0.3, -0.25) is 9.69 Å². The standard InChI is InChI=1S/C24H30N4O5/c1-30-18-8-6-5-7-17(18)28-13-11-27(12-14-28)10-9-20-25-21-16(24(29)26-20)15-19(31-2)22(32-3)23(21)33-4/h5-8,15H,9-14H2,1-4H3,(H,25,26,29). The molecule has 176 valence electrons. The van der Waals surface area contributed by atoms with Crippen LogP contribution in [0.3, 0.4) is 0 Å². The summed E-state index contributed by atoms with van der Waals surface area (Å²) >= 11 is 0. The van der Waals surface area contributed by atoms with Gasteiger partial charge >= 0.3 is 0 Å². The third-order valence-electron chi connectivity index (χ3n) is 6.02. The van der Waals surface area contributed by atoms with E-state index in [4.69, 9.17) is 23.9 Å². The fourth-order valence-electron chi connectivity index (χ4n) is 4.27. The molecule has 0 unspecified atom stereocenters. The molecule has 0 bridgehead atoms. The average molecular weight is 455 g/mol. The zero-order valence-electron chi connectivity index (χ0n) is 19.5. The van der Waals surface area contributed by atoms with Crippen molar-refractivity contribution >= 4 is 16.6 Å². The summed E-state index contributed by atoms with van der Waals surface area (Å²) in [5.74, 6) is 2.75. The number of nitrogens with zero attached hydrogens (tertiary/aromatic N) is 3. The molecular formula is C24H30N4O5. The normalized spacial score (nSPS) is 14.4. The van der Waals surface area contributed by atoms with Crippen molar-refractivity contribution in [2.24, 2.45) is 0 Å². The lowest BCUT2D eigenvalue weighted by molar-refractivity contribution is 0.258. The van der Waals surface area contributed by atoms with Gasteiger partial charge in [0.2, 0.25) is 5.75 Å². The minimum absolute atomic E-state index is 0.227. The van der Waals surface area contributed by atoms with Crippen LogP contribution in [0.4, 0.5) is 5.69 Å². The summed E-state index contributed by atoms with van der Waals surface area (Å²) in [6.45, 7) is 4.46. The topological polar surface area (TPSA) is 89.2 Å². The smallest absolute Gasteiger partial charge is 0.259 e. The van der Waals surface area contributed by atoms with Gasteiger partial charge in [-0.15, -0.1) is 0 Å². The van der Waals surface area contributed by atoms with E-state index in [1.54, 1.807) is 13.2 Å². The van der Waals surface area contributed by atoms with Crippen LogP contribution in [-0.2, 0) is 6.42 Å². The van der Waals surface area contributed by atoms with E-state index in [9.17, 15) is 4.79 Å². The Kier molecular flexibility index (Phi) is 6.88. The van der Waals surface area contributed by atoms with Crippen molar-refractivity contribution in [2.75, 3.05) is 66.1 Å². The summed E-state index contributed by atoms with van der Waals surface area (Å²) < 4.78 is 21.8. The zero-order chi connectivity index (χ0) is 23.4. The second-order valence-electron chi connectivity index (χ2n) is 7.80. The molecular weight excluding hydrogens is 424 g/mol. The summed E-state index contributed by atoms with van der Waals surface area (Å²) in [4.78, 5) is 25.1. The van der Waals surface area contributed by atoms with Crippen LogP contribution < -0.4 is 29.4 Å². The van der Waals surface area contributed by atoms with Gasteiger partial charge in [0.25, 0.3) is 5.56 Å². The predicted molar refractivity (Wildman–Crippen MR) is 127 cm³/mol. The number of H-pyrrole nitrogens is 1. The molecule has 2 aromatic carbocycles. The number of aromatic amines is 1. The lowest BCUT2D eigenvalue weighted by Gasteiger charge is -2.36. The van der Waals surface area contributed by atoms with Gasteiger partial charge in [0, 0.05) is 39.1 Å². The van der Waals surface area contributed by atoms with Gasteiger partial charge in [-0.05, 0) is 18.2 Å². The fourth-order valence-corrected chi connectivity index (χ4v) is 4.27. The molecule has 1 aliphatic heterocycles. The molecule has 9 heteroatoms. The Morgan fingerprint density at radius 3 is 2.27 bits per heavy atom. The summed E-state index contributed by atoms with van der Waals surface area (Å²) in [5.41, 5.74) is 1.36. The largest absolute Gasteiger partial charge is 0.495 e. The molecule has 33 heavy (non-hydrogen) atoms. The lowest BCUT2D eigenvalue weighted by Crippen LogP contribution is -2.47. The van der Waals surface area contributed by atoms with Crippen LogP contribution in [0.15, 0.2) is 35.1 Å². The van der Waals surface area contributed by atoms with Gasteiger partial charge in [-0.2, -0.15) is 0 Å². The Morgan fingerprint density at radius 2 is 1.61 bits per heavy atom. The number of anilines is 1. The van der Waals surface area contributed by atoms with Crippen LogP contribution in [0.5, 0.6) is 23.0 Å². The minimum Gasteiger partial charge on any atom is -0.495 e. The molecule has 2 heterocycles. The minimum atomic E-state index is -0.227. The van der Waals surface area contributed by atoms with Crippen LogP contribution in [-0.4, -0.2) is 76.0 Å². The Labute approximate surface area is 192 Å². The summed E-state index contributed by atoms with van der Waals surface area (Å²) in [6, 6.07) is 9.72. The Hall–Kier alpha value is -3.46. The Bertz CT molecular complexity index is 1170. The first-order valence-electron chi connectivity index (χ1n) is 10.9. The molecule has 1 fully saturated rings. The van der Waals surface area contributed by atoms with E-state index >= 15 is 0 Å². The van der Waals surface area contributed by atoms with Gasteiger partial charge in [-0.1, -0.05) is 12.1 Å². The second-order valence-corrected chi connectivity index (χ2v) is 7.80. The van der Waals surface area contributed by atoms with Crippen molar-refractivity contribution in [3.8, 4) is 23.0 Å². The van der Waals surface area contributed by atoms with Crippen LogP contribution >= 0.6 is 0 Å². The fraction of sp³-hybridized carbons (Fsp3) is 0.417. The number of piperazine rings is 1. The third kappa shape index (κ3) is 4.54. The lowest BCUT2D eigenvalue weighted by atomic mass is 10.2. The second kappa shape index (κ2) is 9.99. The first kappa shape index (κ1) is 22.7. The van der Waals surface area contributed by atoms with Crippen LogP contribution in [0, 0.1) is 0 Å². The molecule has 0 amide bonds. The molecule has 1 aliphatic rings. The first-order valence-corrected chi connectivity index (χ1v) is 10.9. The van der Waals surface area contributed by atoms with Crippen LogP contribution in [0.25, 0.3) is 10.9 Å². The molecule has 9 nitrogen and oxygen atoms in total. The molecule has 0 atom stereocenters. The monoisotopic (exact) mass is 454 g/mol. The highest BCUT2D eigenvalue weighted by atomic mass is 16.5. The number of ether oxygens (including phenoxy) is 4. The Morgan fingerprint density at radius 1 is 0.909 bits per heavy atom. The van der Waals surface area contributed by atoms with Crippen molar-refractivity contribution in [3.63, 3.8) is 0 Å². The van der Waals surface area contributed by atoms with Gasteiger partial charge < -0.3 is 28.8 Å². The number of methoxy groups -OCH3 is 4. The van der Waals surface area contributed by atoms with Crippen molar-refractivity contribution < 1.29 is 18.9 Å². The number of nitrogens with one attached hydrogen (secondary N) is 1. The first-order chi connectivity index (χ1) is 16.1. The number of para-hydroxylation sites is 2. The van der Waals surface area contributed by atoms with E-state index in [-0.39, 0.29) is 5.56 Å². The molecule has 1 aromatic heterocycles. The SMILES string of the molecule is COc1ccccc1N1CCN(CCc2nc3c(OC)c(OC)c(OC)cc3c(=O)[nH]2)CC1. The maximum absolute atomic E-state index is 12.8. The molecule has 0 saturated carbocycles. The summed E-state index contributed by atoms with van der Waals surface area (Å²) in [6.07, 6.45) is 0.622.